The molecule has 2 rings (SSSR count). The molecule has 20 heavy (non-hydrogen) atoms. The first-order valence-electron chi connectivity index (χ1n) is 6.86. The second-order valence-electron chi connectivity index (χ2n) is 4.81. The van der Waals surface area contributed by atoms with E-state index < -0.39 is 0 Å². The van der Waals surface area contributed by atoms with Crippen LogP contribution in [0.5, 0.6) is 0 Å². The van der Waals surface area contributed by atoms with Crippen molar-refractivity contribution >= 4 is 29.3 Å². The predicted molar refractivity (Wildman–Crippen MR) is 82.3 cm³/mol. The van der Waals surface area contributed by atoms with E-state index in [-0.39, 0.29) is 11.9 Å². The highest BCUT2D eigenvalue weighted by Gasteiger charge is 2.22. The molecule has 1 N–H and O–H groups in total. The molecular formula is C14H20N4OS. The van der Waals surface area contributed by atoms with Crippen LogP contribution < -0.4 is 0 Å². The van der Waals surface area contributed by atoms with Gasteiger partial charge in [-0.05, 0) is 52.0 Å². The van der Waals surface area contributed by atoms with Crippen molar-refractivity contribution < 1.29 is 4.79 Å². The number of aromatic amines is 1. The summed E-state index contributed by atoms with van der Waals surface area (Å²) in [6.45, 7) is 9.14. The number of aryl methyl sites for hydroxylation is 1. The average molecular weight is 292 g/mol. The molecule has 1 atom stereocenters. The summed E-state index contributed by atoms with van der Waals surface area (Å²) in [6.07, 6.45) is 0. The standard InChI is InChI=1S/C14H20N4OS/c1-5-17(6-2)13(19)10(4)18-12-11(16-14(18)20)8-7-9(3)15-12/h7-8,10H,5-6H2,1-4H3,(H,16,20). The molecule has 2 aromatic heterocycles. The summed E-state index contributed by atoms with van der Waals surface area (Å²) in [7, 11) is 0. The Balaban J connectivity index is 2.51. The lowest BCUT2D eigenvalue weighted by atomic mass is 10.2. The third kappa shape index (κ3) is 2.47. The van der Waals surface area contributed by atoms with E-state index in [0.717, 1.165) is 16.9 Å². The van der Waals surface area contributed by atoms with Crippen LogP contribution in [-0.2, 0) is 4.79 Å². The summed E-state index contributed by atoms with van der Waals surface area (Å²) in [5, 5.41) is 0. The van der Waals surface area contributed by atoms with Gasteiger partial charge in [0, 0.05) is 18.8 Å². The van der Waals surface area contributed by atoms with Crippen LogP contribution in [0.15, 0.2) is 12.1 Å². The Kier molecular flexibility index (Phi) is 4.23. The fraction of sp³-hybridized carbons (Fsp3) is 0.500. The van der Waals surface area contributed by atoms with Crippen LogP contribution in [-0.4, -0.2) is 38.4 Å². The van der Waals surface area contributed by atoms with Crippen LogP contribution in [0.25, 0.3) is 11.2 Å². The summed E-state index contributed by atoms with van der Waals surface area (Å²) in [5.41, 5.74) is 2.51. The number of rotatable bonds is 4. The number of pyridine rings is 1. The first-order valence-corrected chi connectivity index (χ1v) is 7.27. The maximum atomic E-state index is 12.5. The van der Waals surface area contributed by atoms with E-state index in [1.807, 2.05) is 39.8 Å². The Bertz CT molecular complexity index is 684. The van der Waals surface area contributed by atoms with Gasteiger partial charge in [-0.1, -0.05) is 0 Å². The number of hydrogen-bond donors (Lipinski definition) is 1. The Morgan fingerprint density at radius 1 is 1.45 bits per heavy atom. The van der Waals surface area contributed by atoms with E-state index in [0.29, 0.717) is 17.9 Å². The van der Waals surface area contributed by atoms with Crippen molar-refractivity contribution in [2.45, 2.75) is 33.7 Å². The number of aromatic nitrogens is 3. The van der Waals surface area contributed by atoms with Crippen molar-refractivity contribution in [3.63, 3.8) is 0 Å². The van der Waals surface area contributed by atoms with E-state index in [9.17, 15) is 4.79 Å². The van der Waals surface area contributed by atoms with E-state index in [1.165, 1.54) is 0 Å². The van der Waals surface area contributed by atoms with Gasteiger partial charge in [0.25, 0.3) is 0 Å². The lowest BCUT2D eigenvalue weighted by Gasteiger charge is -2.23. The fourth-order valence-electron chi connectivity index (χ4n) is 2.37. The van der Waals surface area contributed by atoms with Gasteiger partial charge in [0.1, 0.15) is 6.04 Å². The van der Waals surface area contributed by atoms with Crippen LogP contribution in [0.1, 0.15) is 32.5 Å². The van der Waals surface area contributed by atoms with Gasteiger partial charge < -0.3 is 9.88 Å². The minimum absolute atomic E-state index is 0.0651. The smallest absolute Gasteiger partial charge is 0.245 e. The Morgan fingerprint density at radius 3 is 2.70 bits per heavy atom. The lowest BCUT2D eigenvalue weighted by molar-refractivity contribution is -0.133. The molecule has 0 aromatic carbocycles. The normalized spacial score (nSPS) is 12.6. The summed E-state index contributed by atoms with van der Waals surface area (Å²) in [5.74, 6) is 0.0651. The number of amides is 1. The van der Waals surface area contributed by atoms with Crippen LogP contribution in [0.2, 0.25) is 0 Å². The van der Waals surface area contributed by atoms with Crippen molar-refractivity contribution in [3.05, 3.63) is 22.6 Å². The molecule has 5 nitrogen and oxygen atoms in total. The number of likely N-dealkylation sites (N-methyl/N-ethyl adjacent to an activating group) is 1. The number of hydrogen-bond acceptors (Lipinski definition) is 3. The van der Waals surface area contributed by atoms with Crippen molar-refractivity contribution in [1.82, 2.24) is 19.4 Å². The van der Waals surface area contributed by atoms with Crippen molar-refractivity contribution in [3.8, 4) is 0 Å². The highest BCUT2D eigenvalue weighted by atomic mass is 32.1. The minimum atomic E-state index is -0.356. The number of carbonyl (C=O) groups is 1. The molecule has 108 valence electrons. The van der Waals surface area contributed by atoms with Crippen LogP contribution in [0.3, 0.4) is 0 Å². The first-order chi connectivity index (χ1) is 9.49. The summed E-state index contributed by atoms with van der Waals surface area (Å²) in [4.78, 5) is 21.9. The van der Waals surface area contributed by atoms with E-state index in [2.05, 4.69) is 9.97 Å². The zero-order valence-electron chi connectivity index (χ0n) is 12.3. The van der Waals surface area contributed by atoms with Crippen molar-refractivity contribution in [2.75, 3.05) is 13.1 Å². The second kappa shape index (κ2) is 5.75. The molecule has 1 amide bonds. The van der Waals surface area contributed by atoms with E-state index >= 15 is 0 Å². The van der Waals surface area contributed by atoms with Crippen LogP contribution >= 0.6 is 12.2 Å². The van der Waals surface area contributed by atoms with E-state index in [1.54, 1.807) is 9.47 Å². The third-order valence-corrected chi connectivity index (χ3v) is 3.82. The van der Waals surface area contributed by atoms with Gasteiger partial charge >= 0.3 is 0 Å². The molecule has 6 heteroatoms. The topological polar surface area (TPSA) is 53.9 Å². The van der Waals surface area contributed by atoms with Crippen molar-refractivity contribution in [2.24, 2.45) is 0 Å². The molecule has 0 aliphatic rings. The number of fused-ring (bicyclic) bond motifs is 1. The Morgan fingerprint density at radius 2 is 2.10 bits per heavy atom. The molecule has 0 fully saturated rings. The molecule has 0 radical (unpaired) electrons. The van der Waals surface area contributed by atoms with Crippen LogP contribution in [0.4, 0.5) is 0 Å². The molecule has 0 spiro atoms. The number of nitrogens with zero attached hydrogens (tertiary/aromatic N) is 3. The largest absolute Gasteiger partial charge is 0.341 e. The van der Waals surface area contributed by atoms with Gasteiger partial charge in [0.05, 0.1) is 5.52 Å². The Labute approximate surface area is 123 Å². The van der Waals surface area contributed by atoms with Gasteiger partial charge in [0.15, 0.2) is 10.4 Å². The van der Waals surface area contributed by atoms with Gasteiger partial charge in [-0.25, -0.2) is 4.98 Å². The molecule has 1 unspecified atom stereocenters. The maximum Gasteiger partial charge on any atom is 0.245 e. The molecule has 2 aromatic rings. The maximum absolute atomic E-state index is 12.5. The number of carbonyl (C=O) groups excluding carboxylic acids is 1. The number of H-pyrrole nitrogens is 1. The molecule has 0 aliphatic carbocycles. The highest BCUT2D eigenvalue weighted by molar-refractivity contribution is 7.71. The minimum Gasteiger partial charge on any atom is -0.341 e. The lowest BCUT2D eigenvalue weighted by Crippen LogP contribution is -2.36. The SMILES string of the molecule is CCN(CC)C(=O)C(C)n1c(=S)[nH]c2ccc(C)nc21. The molecule has 0 saturated carbocycles. The number of imidazole rings is 1. The molecule has 2 heterocycles. The van der Waals surface area contributed by atoms with Crippen LogP contribution in [0, 0.1) is 11.7 Å². The molecule has 0 saturated heterocycles. The quantitative estimate of drug-likeness (QED) is 0.882. The highest BCUT2D eigenvalue weighted by Crippen LogP contribution is 2.19. The second-order valence-corrected chi connectivity index (χ2v) is 5.20. The molecule has 0 aliphatic heterocycles. The van der Waals surface area contributed by atoms with Gasteiger partial charge in [0.2, 0.25) is 5.91 Å². The summed E-state index contributed by atoms with van der Waals surface area (Å²) >= 11 is 5.35. The summed E-state index contributed by atoms with van der Waals surface area (Å²) in [6, 6.07) is 3.51. The monoisotopic (exact) mass is 292 g/mol. The predicted octanol–water partition coefficient (Wildman–Crippen LogP) is 2.83. The molecular weight excluding hydrogens is 272 g/mol. The Hall–Kier alpha value is -1.69. The fourth-order valence-corrected chi connectivity index (χ4v) is 2.72. The number of nitrogens with one attached hydrogen (secondary N) is 1. The van der Waals surface area contributed by atoms with E-state index in [4.69, 9.17) is 12.2 Å². The van der Waals surface area contributed by atoms with Crippen molar-refractivity contribution in [1.29, 1.82) is 0 Å². The third-order valence-electron chi connectivity index (χ3n) is 3.52. The zero-order chi connectivity index (χ0) is 14.9. The van der Waals surface area contributed by atoms with Gasteiger partial charge in [-0.3, -0.25) is 9.36 Å². The summed E-state index contributed by atoms with van der Waals surface area (Å²) < 4.78 is 2.34. The van der Waals surface area contributed by atoms with Gasteiger partial charge in [-0.2, -0.15) is 0 Å². The molecule has 0 bridgehead atoms. The van der Waals surface area contributed by atoms with Gasteiger partial charge in [-0.15, -0.1) is 0 Å². The zero-order valence-corrected chi connectivity index (χ0v) is 13.1. The average Bonchev–Trinajstić information content (AvgIpc) is 2.74. The first kappa shape index (κ1) is 14.7.